The number of hydrogen-bond acceptors (Lipinski definition) is 4. The molecule has 11 rings (SSSR count). The Morgan fingerprint density at radius 1 is 0.365 bits per heavy atom. The van der Waals surface area contributed by atoms with E-state index in [0.29, 0.717) is 0 Å². The van der Waals surface area contributed by atoms with E-state index in [1.165, 1.54) is 51.5 Å². The third-order valence-electron chi connectivity index (χ3n) is 10.3. The lowest BCUT2D eigenvalue weighted by molar-refractivity contribution is 0.670. The molecule has 0 aliphatic carbocycles. The van der Waals surface area contributed by atoms with Crippen LogP contribution in [0.5, 0.6) is 0 Å². The highest BCUT2D eigenvalue weighted by atomic mass is 32.1. The second kappa shape index (κ2) is 11.7. The fourth-order valence-electron chi connectivity index (χ4n) is 8.01. The Hall–Kier alpha value is -6.20. The average molecular weight is 700 g/mol. The molecule has 52 heavy (non-hydrogen) atoms. The van der Waals surface area contributed by atoms with Crippen molar-refractivity contribution in [2.24, 2.45) is 0 Å². The molecule has 0 spiro atoms. The van der Waals surface area contributed by atoms with Gasteiger partial charge in [0.2, 0.25) is 0 Å². The Morgan fingerprint density at radius 2 is 0.885 bits per heavy atom. The van der Waals surface area contributed by atoms with Crippen molar-refractivity contribution in [2.45, 2.75) is 0 Å². The van der Waals surface area contributed by atoms with Gasteiger partial charge in [-0.3, -0.25) is 0 Å². The van der Waals surface area contributed by atoms with Gasteiger partial charge in [-0.25, -0.2) is 0 Å². The van der Waals surface area contributed by atoms with Crippen LogP contribution in [-0.2, 0) is 0 Å². The summed E-state index contributed by atoms with van der Waals surface area (Å²) < 4.78 is 12.2. The number of benzene rings is 8. The highest BCUT2D eigenvalue weighted by molar-refractivity contribution is 7.26. The number of para-hydroxylation sites is 4. The lowest BCUT2D eigenvalue weighted by atomic mass is 9.94. The Balaban J connectivity index is 1.12. The Labute approximate surface area is 308 Å². The Morgan fingerprint density at radius 3 is 1.60 bits per heavy atom. The van der Waals surface area contributed by atoms with E-state index in [1.54, 1.807) is 0 Å². The van der Waals surface area contributed by atoms with Crippen molar-refractivity contribution in [1.29, 1.82) is 0 Å². The molecule has 0 aliphatic heterocycles. The number of hydrogen-bond donors (Lipinski definition) is 0. The van der Waals surface area contributed by atoms with Crippen LogP contribution in [0.2, 0.25) is 0 Å². The summed E-state index contributed by atoms with van der Waals surface area (Å²) in [6, 6.07) is 63.3. The maximum Gasteiger partial charge on any atom is 0.159 e. The van der Waals surface area contributed by atoms with Gasteiger partial charge in [0.25, 0.3) is 0 Å². The molecule has 0 N–H and O–H groups in total. The number of nitrogens with zero attached hydrogens (tertiary/aromatic N) is 1. The van der Waals surface area contributed by atoms with Crippen LogP contribution in [0.3, 0.4) is 0 Å². The monoisotopic (exact) mass is 699 g/mol. The third-order valence-corrected chi connectivity index (χ3v) is 12.5. The molecule has 0 atom stereocenters. The van der Waals surface area contributed by atoms with Gasteiger partial charge in [-0.1, -0.05) is 115 Å². The van der Waals surface area contributed by atoms with Crippen molar-refractivity contribution < 1.29 is 4.42 Å². The Kier molecular flexibility index (Phi) is 6.63. The van der Waals surface area contributed by atoms with Gasteiger partial charge in [0.1, 0.15) is 5.58 Å². The van der Waals surface area contributed by atoms with Crippen LogP contribution in [0.1, 0.15) is 0 Å². The minimum atomic E-state index is 0.873. The molecule has 4 heteroatoms. The fraction of sp³-hybridized carbons (Fsp3) is 0. The van der Waals surface area contributed by atoms with Crippen LogP contribution in [0.15, 0.2) is 180 Å². The normalized spacial score (nSPS) is 11.8. The van der Waals surface area contributed by atoms with Crippen LogP contribution >= 0.6 is 22.7 Å². The van der Waals surface area contributed by atoms with E-state index in [1.807, 2.05) is 22.7 Å². The van der Waals surface area contributed by atoms with E-state index < -0.39 is 0 Å². The minimum Gasteiger partial charge on any atom is -0.453 e. The van der Waals surface area contributed by atoms with Crippen molar-refractivity contribution >= 4 is 102 Å². The first-order valence-electron chi connectivity index (χ1n) is 17.5. The van der Waals surface area contributed by atoms with E-state index >= 15 is 0 Å². The first-order valence-corrected chi connectivity index (χ1v) is 19.1. The van der Waals surface area contributed by atoms with Crippen molar-refractivity contribution in [1.82, 2.24) is 0 Å². The summed E-state index contributed by atoms with van der Waals surface area (Å²) in [5.41, 5.74) is 9.76. The second-order valence-corrected chi connectivity index (χ2v) is 15.4. The first kappa shape index (κ1) is 29.5. The van der Waals surface area contributed by atoms with Gasteiger partial charge < -0.3 is 9.32 Å². The standard InChI is InChI=1S/C48H29NOS2/c1-3-13-31(14-4-1)49(32-15-5-2-6-16-32)40-23-10-22-37-36-21-9-18-33(47(36)50-48(37)40)30-27-28-42-39(29-30)46-35(20-12-26-44(46)52-42)34-19-11-25-43-45(34)38-17-7-8-24-41(38)51-43/h1-29H. The van der Waals surface area contributed by atoms with Crippen molar-refractivity contribution in [2.75, 3.05) is 4.90 Å². The molecule has 0 radical (unpaired) electrons. The summed E-state index contributed by atoms with van der Waals surface area (Å²) in [7, 11) is 0. The van der Waals surface area contributed by atoms with E-state index in [2.05, 4.69) is 181 Å². The van der Waals surface area contributed by atoms with E-state index in [0.717, 1.165) is 50.1 Å². The summed E-state index contributed by atoms with van der Waals surface area (Å²) in [6.45, 7) is 0. The predicted molar refractivity (Wildman–Crippen MR) is 225 cm³/mol. The zero-order chi connectivity index (χ0) is 34.2. The molecule has 0 fully saturated rings. The van der Waals surface area contributed by atoms with Crippen LogP contribution < -0.4 is 4.90 Å². The predicted octanol–water partition coefficient (Wildman–Crippen LogP) is 15.1. The quantitative estimate of drug-likeness (QED) is 0.178. The van der Waals surface area contributed by atoms with Crippen LogP contribution in [0.25, 0.3) is 84.5 Å². The zero-order valence-electron chi connectivity index (χ0n) is 27.9. The lowest BCUT2D eigenvalue weighted by Crippen LogP contribution is -2.09. The van der Waals surface area contributed by atoms with Gasteiger partial charge in [0.05, 0.1) is 5.69 Å². The molecule has 0 unspecified atom stereocenters. The van der Waals surface area contributed by atoms with Crippen LogP contribution in [0, 0.1) is 0 Å². The molecule has 244 valence electrons. The largest absolute Gasteiger partial charge is 0.453 e. The highest BCUT2D eigenvalue weighted by Crippen LogP contribution is 2.48. The van der Waals surface area contributed by atoms with Gasteiger partial charge >= 0.3 is 0 Å². The lowest BCUT2D eigenvalue weighted by Gasteiger charge is -2.25. The highest BCUT2D eigenvalue weighted by Gasteiger charge is 2.21. The summed E-state index contributed by atoms with van der Waals surface area (Å²) in [5.74, 6) is 0. The first-order chi connectivity index (χ1) is 25.8. The maximum atomic E-state index is 7.01. The van der Waals surface area contributed by atoms with Crippen LogP contribution in [0.4, 0.5) is 17.1 Å². The van der Waals surface area contributed by atoms with Crippen LogP contribution in [-0.4, -0.2) is 0 Å². The third kappa shape index (κ3) is 4.48. The smallest absolute Gasteiger partial charge is 0.159 e. The van der Waals surface area contributed by atoms with E-state index in [-0.39, 0.29) is 0 Å². The van der Waals surface area contributed by atoms with Gasteiger partial charge in [0.15, 0.2) is 5.58 Å². The zero-order valence-corrected chi connectivity index (χ0v) is 29.5. The number of fused-ring (bicyclic) bond motifs is 9. The maximum absolute atomic E-state index is 7.01. The molecular weight excluding hydrogens is 671 g/mol. The molecule has 0 saturated heterocycles. The summed E-state index contributed by atoms with van der Waals surface area (Å²) in [4.78, 5) is 2.28. The fourth-order valence-corrected chi connectivity index (χ4v) is 10.3. The van der Waals surface area contributed by atoms with Gasteiger partial charge in [-0.2, -0.15) is 0 Å². The van der Waals surface area contributed by atoms with E-state index in [9.17, 15) is 0 Å². The Bertz CT molecular complexity index is 3090. The SMILES string of the molecule is c1ccc(N(c2ccccc2)c2cccc3c2oc2c(-c4ccc5sc6cccc(-c7cccc8sc9ccccc9c78)c6c5c4)cccc23)cc1. The molecule has 3 aromatic heterocycles. The molecule has 3 heterocycles. The molecule has 2 nitrogen and oxygen atoms in total. The minimum absolute atomic E-state index is 0.873. The number of rotatable bonds is 5. The summed E-state index contributed by atoms with van der Waals surface area (Å²) in [5, 5.41) is 7.47. The van der Waals surface area contributed by atoms with Crippen molar-refractivity contribution in [3.05, 3.63) is 176 Å². The second-order valence-electron chi connectivity index (χ2n) is 13.2. The van der Waals surface area contributed by atoms with Gasteiger partial charge in [0, 0.05) is 68.1 Å². The van der Waals surface area contributed by atoms with Crippen molar-refractivity contribution in [3.63, 3.8) is 0 Å². The molecule has 0 saturated carbocycles. The topological polar surface area (TPSA) is 16.4 Å². The number of anilines is 3. The average Bonchev–Trinajstić information content (AvgIpc) is 3.90. The molecule has 11 aromatic rings. The molecular formula is C48H29NOS2. The summed E-state index contributed by atoms with van der Waals surface area (Å²) in [6.07, 6.45) is 0. The molecule has 8 aromatic carbocycles. The number of furan rings is 1. The van der Waals surface area contributed by atoms with Crippen molar-refractivity contribution in [3.8, 4) is 22.3 Å². The summed E-state index contributed by atoms with van der Waals surface area (Å²) >= 11 is 3.74. The molecule has 0 amide bonds. The number of thiophene rings is 2. The van der Waals surface area contributed by atoms with Gasteiger partial charge in [-0.05, 0) is 77.4 Å². The van der Waals surface area contributed by atoms with Gasteiger partial charge in [-0.15, -0.1) is 22.7 Å². The molecule has 0 bridgehead atoms. The van der Waals surface area contributed by atoms with E-state index in [4.69, 9.17) is 4.42 Å². The molecule has 0 aliphatic rings.